The molecule has 0 amide bonds. The van der Waals surface area contributed by atoms with Crippen LogP contribution in [0.25, 0.3) is 0 Å². The Morgan fingerprint density at radius 2 is 1.80 bits per heavy atom. The Bertz CT molecular complexity index is 619. The zero-order chi connectivity index (χ0) is 13.6. The Hall–Kier alpha value is -2.04. The lowest BCUT2D eigenvalue weighted by Crippen LogP contribution is -2.25. The summed E-state index contributed by atoms with van der Waals surface area (Å²) in [6.07, 6.45) is 3.69. The molecule has 1 aliphatic carbocycles. The Labute approximate surface area is 121 Å². The standard InChI is InChI=1S/C19H19N/c1-2-8-16(9-3-1)10-7-15-20-19-14-6-12-17-11-4-5-13-18(17)19/h1-5,8-9,11,13,19-20H,6,12,14-15H2. The van der Waals surface area contributed by atoms with Crippen LogP contribution in [-0.4, -0.2) is 6.54 Å². The van der Waals surface area contributed by atoms with Gasteiger partial charge in [0.2, 0.25) is 0 Å². The van der Waals surface area contributed by atoms with Crippen molar-refractivity contribution >= 4 is 0 Å². The van der Waals surface area contributed by atoms with Gasteiger partial charge in [0, 0.05) is 11.6 Å². The maximum absolute atomic E-state index is 3.57. The number of hydrogen-bond donors (Lipinski definition) is 1. The maximum Gasteiger partial charge on any atom is 0.0585 e. The van der Waals surface area contributed by atoms with Gasteiger partial charge in [0.25, 0.3) is 0 Å². The lowest BCUT2D eigenvalue weighted by Gasteiger charge is -2.25. The molecule has 0 heterocycles. The topological polar surface area (TPSA) is 12.0 Å². The van der Waals surface area contributed by atoms with Crippen molar-refractivity contribution in [3.8, 4) is 11.8 Å². The highest BCUT2D eigenvalue weighted by atomic mass is 14.9. The molecular formula is C19H19N. The molecule has 0 saturated heterocycles. The Balaban J connectivity index is 1.62. The third kappa shape index (κ3) is 3.10. The Morgan fingerprint density at radius 1 is 1.00 bits per heavy atom. The molecule has 0 aliphatic heterocycles. The Morgan fingerprint density at radius 3 is 2.70 bits per heavy atom. The van der Waals surface area contributed by atoms with Gasteiger partial charge in [-0.15, -0.1) is 0 Å². The first-order valence-electron chi connectivity index (χ1n) is 7.28. The van der Waals surface area contributed by atoms with Crippen molar-refractivity contribution in [2.24, 2.45) is 0 Å². The van der Waals surface area contributed by atoms with E-state index in [9.17, 15) is 0 Å². The summed E-state index contributed by atoms with van der Waals surface area (Å²) in [5.41, 5.74) is 4.03. The number of aryl methyl sites for hydroxylation is 1. The van der Waals surface area contributed by atoms with Gasteiger partial charge in [-0.25, -0.2) is 0 Å². The van der Waals surface area contributed by atoms with Crippen molar-refractivity contribution in [2.75, 3.05) is 6.54 Å². The first-order valence-corrected chi connectivity index (χ1v) is 7.28. The van der Waals surface area contributed by atoms with E-state index in [1.165, 1.54) is 30.4 Å². The third-order valence-corrected chi connectivity index (χ3v) is 3.81. The molecule has 1 nitrogen and oxygen atoms in total. The molecule has 1 atom stereocenters. The highest BCUT2D eigenvalue weighted by molar-refractivity contribution is 5.35. The van der Waals surface area contributed by atoms with E-state index in [1.807, 2.05) is 30.3 Å². The molecular weight excluding hydrogens is 242 g/mol. The van der Waals surface area contributed by atoms with E-state index >= 15 is 0 Å². The predicted molar refractivity (Wildman–Crippen MR) is 83.4 cm³/mol. The summed E-state index contributed by atoms with van der Waals surface area (Å²) in [5.74, 6) is 6.41. The summed E-state index contributed by atoms with van der Waals surface area (Å²) >= 11 is 0. The van der Waals surface area contributed by atoms with E-state index in [4.69, 9.17) is 0 Å². The van der Waals surface area contributed by atoms with Gasteiger partial charge < -0.3 is 0 Å². The molecule has 100 valence electrons. The van der Waals surface area contributed by atoms with Gasteiger partial charge in [-0.3, -0.25) is 5.32 Å². The van der Waals surface area contributed by atoms with Crippen molar-refractivity contribution in [1.29, 1.82) is 0 Å². The molecule has 2 aromatic carbocycles. The predicted octanol–water partition coefficient (Wildman–Crippen LogP) is 3.71. The molecule has 1 heteroatoms. The van der Waals surface area contributed by atoms with Gasteiger partial charge >= 0.3 is 0 Å². The average molecular weight is 261 g/mol. The molecule has 0 spiro atoms. The largest absolute Gasteiger partial charge is 0.299 e. The van der Waals surface area contributed by atoms with Crippen molar-refractivity contribution in [1.82, 2.24) is 5.32 Å². The second kappa shape index (κ2) is 6.41. The van der Waals surface area contributed by atoms with Gasteiger partial charge in [0.15, 0.2) is 0 Å². The summed E-state index contributed by atoms with van der Waals surface area (Å²) < 4.78 is 0. The summed E-state index contributed by atoms with van der Waals surface area (Å²) in [6.45, 7) is 0.744. The highest BCUT2D eigenvalue weighted by Gasteiger charge is 2.18. The molecule has 3 rings (SSSR count). The summed E-state index contributed by atoms with van der Waals surface area (Å²) in [4.78, 5) is 0. The van der Waals surface area contributed by atoms with E-state index < -0.39 is 0 Å². The van der Waals surface area contributed by atoms with Crippen molar-refractivity contribution in [3.05, 3.63) is 71.3 Å². The Kier molecular flexibility index (Phi) is 4.16. The number of rotatable bonds is 2. The van der Waals surface area contributed by atoms with E-state index in [0.717, 1.165) is 12.1 Å². The second-order valence-corrected chi connectivity index (χ2v) is 5.19. The van der Waals surface area contributed by atoms with Crippen LogP contribution < -0.4 is 5.32 Å². The van der Waals surface area contributed by atoms with Crippen LogP contribution in [0.1, 0.15) is 35.6 Å². The molecule has 1 unspecified atom stereocenters. The molecule has 1 N–H and O–H groups in total. The smallest absolute Gasteiger partial charge is 0.0585 e. The van der Waals surface area contributed by atoms with Crippen LogP contribution in [0.3, 0.4) is 0 Å². The first-order chi connectivity index (χ1) is 9.93. The SMILES string of the molecule is C(#Cc1ccccc1)CNC1CCCc2ccccc21. The first kappa shape index (κ1) is 13.0. The zero-order valence-corrected chi connectivity index (χ0v) is 11.6. The molecule has 0 aromatic heterocycles. The van der Waals surface area contributed by atoms with Crippen LogP contribution in [0.15, 0.2) is 54.6 Å². The fraction of sp³-hybridized carbons (Fsp3) is 0.263. The fourth-order valence-electron chi connectivity index (χ4n) is 2.81. The van der Waals surface area contributed by atoms with Crippen LogP contribution in [0.2, 0.25) is 0 Å². The lowest BCUT2D eigenvalue weighted by atomic mass is 9.88. The molecule has 0 bridgehead atoms. The third-order valence-electron chi connectivity index (χ3n) is 3.81. The van der Waals surface area contributed by atoms with Crippen LogP contribution in [0.4, 0.5) is 0 Å². The number of benzene rings is 2. The number of hydrogen-bond acceptors (Lipinski definition) is 1. The van der Waals surface area contributed by atoms with Gasteiger partial charge in [-0.05, 0) is 42.5 Å². The average Bonchev–Trinajstić information content (AvgIpc) is 2.53. The van der Waals surface area contributed by atoms with E-state index in [0.29, 0.717) is 6.04 Å². The van der Waals surface area contributed by atoms with Crippen LogP contribution in [0.5, 0.6) is 0 Å². The van der Waals surface area contributed by atoms with Crippen LogP contribution in [0, 0.1) is 11.8 Å². The van der Waals surface area contributed by atoms with Crippen molar-refractivity contribution < 1.29 is 0 Å². The van der Waals surface area contributed by atoms with E-state index in [-0.39, 0.29) is 0 Å². The fourth-order valence-corrected chi connectivity index (χ4v) is 2.81. The monoisotopic (exact) mass is 261 g/mol. The summed E-state index contributed by atoms with van der Waals surface area (Å²) in [7, 11) is 0. The number of fused-ring (bicyclic) bond motifs is 1. The van der Waals surface area contributed by atoms with E-state index in [1.54, 1.807) is 0 Å². The van der Waals surface area contributed by atoms with Gasteiger partial charge in [0.05, 0.1) is 6.54 Å². The van der Waals surface area contributed by atoms with Crippen LogP contribution >= 0.6 is 0 Å². The van der Waals surface area contributed by atoms with Crippen molar-refractivity contribution in [2.45, 2.75) is 25.3 Å². The van der Waals surface area contributed by atoms with Gasteiger partial charge in [0.1, 0.15) is 0 Å². The van der Waals surface area contributed by atoms with Crippen LogP contribution in [-0.2, 0) is 6.42 Å². The zero-order valence-electron chi connectivity index (χ0n) is 11.6. The van der Waals surface area contributed by atoms with E-state index in [2.05, 4.69) is 41.4 Å². The minimum atomic E-state index is 0.463. The summed E-state index contributed by atoms with van der Waals surface area (Å²) in [6, 6.07) is 19.4. The molecule has 0 saturated carbocycles. The molecule has 20 heavy (non-hydrogen) atoms. The quantitative estimate of drug-likeness (QED) is 0.813. The molecule has 1 aliphatic rings. The molecule has 2 aromatic rings. The second-order valence-electron chi connectivity index (χ2n) is 5.19. The highest BCUT2D eigenvalue weighted by Crippen LogP contribution is 2.28. The van der Waals surface area contributed by atoms with Gasteiger partial charge in [-0.1, -0.05) is 54.3 Å². The van der Waals surface area contributed by atoms with Gasteiger partial charge in [-0.2, -0.15) is 0 Å². The minimum absolute atomic E-state index is 0.463. The molecule has 0 fully saturated rings. The number of nitrogens with one attached hydrogen (secondary N) is 1. The normalized spacial score (nSPS) is 16.9. The molecule has 0 radical (unpaired) electrons. The maximum atomic E-state index is 3.57. The lowest BCUT2D eigenvalue weighted by molar-refractivity contribution is 0.483. The van der Waals surface area contributed by atoms with Crippen molar-refractivity contribution in [3.63, 3.8) is 0 Å². The minimum Gasteiger partial charge on any atom is -0.299 e. The summed E-state index contributed by atoms with van der Waals surface area (Å²) in [5, 5.41) is 3.57.